The Balaban J connectivity index is 2.11. The Labute approximate surface area is 126 Å². The summed E-state index contributed by atoms with van der Waals surface area (Å²) in [6.07, 6.45) is 0. The molecule has 0 saturated heterocycles. The molecular formula is C14H17BrN4O. The third-order valence-corrected chi connectivity index (χ3v) is 3.03. The lowest BCUT2D eigenvalue weighted by Crippen LogP contribution is -2.11. The van der Waals surface area contributed by atoms with Gasteiger partial charge in [-0.15, -0.1) is 0 Å². The third-order valence-electron chi connectivity index (χ3n) is 2.54. The largest absolute Gasteiger partial charge is 0.383 e. The van der Waals surface area contributed by atoms with Gasteiger partial charge >= 0.3 is 0 Å². The maximum atomic E-state index is 4.99. The second kappa shape index (κ2) is 7.21. The van der Waals surface area contributed by atoms with Crippen molar-refractivity contribution in [2.24, 2.45) is 0 Å². The smallest absolute Gasteiger partial charge is 0.224 e. The van der Waals surface area contributed by atoms with Crippen molar-refractivity contribution in [2.45, 2.75) is 6.92 Å². The van der Waals surface area contributed by atoms with Crippen LogP contribution in [0, 0.1) is 6.92 Å². The van der Waals surface area contributed by atoms with Crippen molar-refractivity contribution in [3.8, 4) is 0 Å². The van der Waals surface area contributed by atoms with E-state index in [1.165, 1.54) is 0 Å². The van der Waals surface area contributed by atoms with E-state index in [4.69, 9.17) is 4.74 Å². The minimum Gasteiger partial charge on any atom is -0.383 e. The number of nitrogens with one attached hydrogen (secondary N) is 2. The van der Waals surface area contributed by atoms with Gasteiger partial charge in [0.15, 0.2) is 0 Å². The Hall–Kier alpha value is -1.66. The number of hydrogen-bond donors (Lipinski definition) is 2. The molecule has 20 heavy (non-hydrogen) atoms. The standard InChI is InChI=1S/C14H17BrN4O/c1-10-8-13(18-12-5-3-4-11(15)9-12)19-14(17-10)16-6-7-20-2/h3-5,8-9H,6-7H2,1-2H3,(H2,16,17,18,19). The average molecular weight is 337 g/mol. The molecule has 0 fully saturated rings. The maximum Gasteiger partial charge on any atom is 0.224 e. The zero-order valence-corrected chi connectivity index (χ0v) is 13.1. The Morgan fingerprint density at radius 1 is 1.25 bits per heavy atom. The van der Waals surface area contributed by atoms with Crippen molar-refractivity contribution >= 4 is 33.4 Å². The van der Waals surface area contributed by atoms with E-state index in [9.17, 15) is 0 Å². The molecule has 0 spiro atoms. The summed E-state index contributed by atoms with van der Waals surface area (Å²) in [5.41, 5.74) is 1.87. The molecule has 0 amide bonds. The highest BCUT2D eigenvalue weighted by molar-refractivity contribution is 9.10. The van der Waals surface area contributed by atoms with Crippen LogP contribution in [-0.2, 0) is 4.74 Å². The molecule has 0 atom stereocenters. The maximum absolute atomic E-state index is 4.99. The van der Waals surface area contributed by atoms with Crippen LogP contribution in [0.15, 0.2) is 34.8 Å². The highest BCUT2D eigenvalue weighted by atomic mass is 79.9. The highest BCUT2D eigenvalue weighted by Gasteiger charge is 2.02. The summed E-state index contributed by atoms with van der Waals surface area (Å²) >= 11 is 3.45. The molecule has 0 aliphatic carbocycles. The summed E-state index contributed by atoms with van der Waals surface area (Å²) in [6.45, 7) is 3.23. The van der Waals surface area contributed by atoms with Crippen molar-refractivity contribution < 1.29 is 4.74 Å². The van der Waals surface area contributed by atoms with E-state index < -0.39 is 0 Å². The van der Waals surface area contributed by atoms with Crippen LogP contribution in [0.4, 0.5) is 17.5 Å². The number of nitrogens with zero attached hydrogens (tertiary/aromatic N) is 2. The number of aryl methyl sites for hydroxylation is 1. The van der Waals surface area contributed by atoms with Crippen molar-refractivity contribution in [1.82, 2.24) is 9.97 Å². The molecule has 0 aliphatic heterocycles. The van der Waals surface area contributed by atoms with Crippen molar-refractivity contribution in [3.05, 3.63) is 40.5 Å². The number of benzene rings is 1. The fourth-order valence-corrected chi connectivity index (χ4v) is 2.09. The summed E-state index contributed by atoms with van der Waals surface area (Å²) in [4.78, 5) is 8.76. The van der Waals surface area contributed by atoms with Gasteiger partial charge in [-0.05, 0) is 25.1 Å². The lowest BCUT2D eigenvalue weighted by molar-refractivity contribution is 0.210. The Bertz CT molecular complexity index is 577. The molecule has 0 bridgehead atoms. The van der Waals surface area contributed by atoms with Crippen LogP contribution >= 0.6 is 15.9 Å². The predicted octanol–water partition coefficient (Wildman–Crippen LogP) is 3.35. The first-order valence-corrected chi connectivity index (χ1v) is 7.08. The van der Waals surface area contributed by atoms with Gasteiger partial charge in [0.25, 0.3) is 0 Å². The SMILES string of the molecule is COCCNc1nc(C)cc(Nc2cccc(Br)c2)n1. The van der Waals surface area contributed by atoms with E-state index in [2.05, 4.69) is 36.5 Å². The number of rotatable bonds is 6. The summed E-state index contributed by atoms with van der Waals surface area (Å²) in [5, 5.41) is 6.39. The minimum absolute atomic E-state index is 0.597. The van der Waals surface area contributed by atoms with Crippen LogP contribution in [0.1, 0.15) is 5.69 Å². The van der Waals surface area contributed by atoms with E-state index in [-0.39, 0.29) is 0 Å². The van der Waals surface area contributed by atoms with Crippen molar-refractivity contribution in [2.75, 3.05) is 30.9 Å². The first-order chi connectivity index (χ1) is 9.67. The summed E-state index contributed by atoms with van der Waals surface area (Å²) < 4.78 is 6.01. The molecule has 106 valence electrons. The van der Waals surface area contributed by atoms with Crippen LogP contribution in [-0.4, -0.2) is 30.2 Å². The predicted molar refractivity (Wildman–Crippen MR) is 84.6 cm³/mol. The molecule has 0 radical (unpaired) electrons. The number of hydrogen-bond acceptors (Lipinski definition) is 5. The van der Waals surface area contributed by atoms with E-state index in [1.54, 1.807) is 7.11 Å². The van der Waals surface area contributed by atoms with Crippen LogP contribution in [0.25, 0.3) is 0 Å². The molecule has 0 aliphatic rings. The van der Waals surface area contributed by atoms with Crippen molar-refractivity contribution in [3.63, 3.8) is 0 Å². The van der Waals surface area contributed by atoms with Crippen LogP contribution < -0.4 is 10.6 Å². The number of ether oxygens (including phenoxy) is 1. The molecule has 2 N–H and O–H groups in total. The molecule has 0 unspecified atom stereocenters. The minimum atomic E-state index is 0.597. The molecule has 1 aromatic carbocycles. The molecule has 5 nitrogen and oxygen atoms in total. The molecule has 6 heteroatoms. The second-order valence-electron chi connectivity index (χ2n) is 4.27. The summed E-state index contributed by atoms with van der Waals surface area (Å²) in [6, 6.07) is 9.84. The quantitative estimate of drug-likeness (QED) is 0.792. The Kier molecular flexibility index (Phi) is 5.31. The van der Waals surface area contributed by atoms with E-state index in [0.29, 0.717) is 19.1 Å². The fraction of sp³-hybridized carbons (Fsp3) is 0.286. The third kappa shape index (κ3) is 4.47. The van der Waals surface area contributed by atoms with Gasteiger partial charge in [0.1, 0.15) is 5.82 Å². The van der Waals surface area contributed by atoms with Crippen LogP contribution in [0.5, 0.6) is 0 Å². The van der Waals surface area contributed by atoms with Crippen LogP contribution in [0.2, 0.25) is 0 Å². The van der Waals surface area contributed by atoms with Gasteiger partial charge in [0.05, 0.1) is 6.61 Å². The zero-order valence-electron chi connectivity index (χ0n) is 11.5. The first-order valence-electron chi connectivity index (χ1n) is 6.28. The fourth-order valence-electron chi connectivity index (χ4n) is 1.69. The Morgan fingerprint density at radius 3 is 2.85 bits per heavy atom. The monoisotopic (exact) mass is 336 g/mol. The van der Waals surface area contributed by atoms with Gasteiger partial charge in [-0.3, -0.25) is 0 Å². The second-order valence-corrected chi connectivity index (χ2v) is 5.19. The van der Waals surface area contributed by atoms with Gasteiger partial charge in [-0.25, -0.2) is 4.98 Å². The number of methoxy groups -OCH3 is 1. The topological polar surface area (TPSA) is 59.1 Å². The average Bonchev–Trinajstić information content (AvgIpc) is 2.38. The van der Waals surface area contributed by atoms with Gasteiger partial charge in [0.2, 0.25) is 5.95 Å². The van der Waals surface area contributed by atoms with Crippen molar-refractivity contribution in [1.29, 1.82) is 0 Å². The highest BCUT2D eigenvalue weighted by Crippen LogP contribution is 2.20. The van der Waals surface area contributed by atoms with Gasteiger partial charge < -0.3 is 15.4 Å². The van der Waals surface area contributed by atoms with Gasteiger partial charge in [-0.2, -0.15) is 4.98 Å². The Morgan fingerprint density at radius 2 is 2.10 bits per heavy atom. The summed E-state index contributed by atoms with van der Waals surface area (Å²) in [7, 11) is 1.67. The number of anilines is 3. The number of aromatic nitrogens is 2. The van der Waals surface area contributed by atoms with Crippen LogP contribution in [0.3, 0.4) is 0 Å². The van der Waals surface area contributed by atoms with E-state index in [0.717, 1.165) is 21.7 Å². The molecule has 2 aromatic rings. The van der Waals surface area contributed by atoms with E-state index >= 15 is 0 Å². The van der Waals surface area contributed by atoms with Gasteiger partial charge in [0, 0.05) is 35.6 Å². The molecular weight excluding hydrogens is 320 g/mol. The first kappa shape index (κ1) is 14.7. The van der Waals surface area contributed by atoms with Gasteiger partial charge in [-0.1, -0.05) is 22.0 Å². The molecule has 1 heterocycles. The lowest BCUT2D eigenvalue weighted by atomic mass is 10.3. The molecule has 1 aromatic heterocycles. The lowest BCUT2D eigenvalue weighted by Gasteiger charge is -2.10. The molecule has 0 saturated carbocycles. The zero-order chi connectivity index (χ0) is 14.4. The van der Waals surface area contributed by atoms with E-state index in [1.807, 2.05) is 37.3 Å². The number of halogens is 1. The summed E-state index contributed by atoms with van der Waals surface area (Å²) in [5.74, 6) is 1.36. The normalized spacial score (nSPS) is 10.3. The molecule has 2 rings (SSSR count).